The Hall–Kier alpha value is -1.61. The third kappa shape index (κ3) is 5.64. The van der Waals surface area contributed by atoms with Crippen molar-refractivity contribution in [2.75, 3.05) is 0 Å². The van der Waals surface area contributed by atoms with Crippen LogP contribution in [0.5, 0.6) is 0 Å². The molecule has 0 aromatic heterocycles. The van der Waals surface area contributed by atoms with Crippen LogP contribution in [0.3, 0.4) is 0 Å². The zero-order chi connectivity index (χ0) is 13.4. The van der Waals surface area contributed by atoms with Crippen LogP contribution in [0.25, 0.3) is 6.08 Å². The number of carboxylic acids is 1. The van der Waals surface area contributed by atoms with Gasteiger partial charge in [0, 0.05) is 6.08 Å². The van der Waals surface area contributed by atoms with Crippen molar-refractivity contribution >= 4 is 12.0 Å². The van der Waals surface area contributed by atoms with Gasteiger partial charge in [0.05, 0.1) is 12.7 Å². The number of aliphatic carboxylic acids is 1. The fourth-order valence-electron chi connectivity index (χ4n) is 1.68. The summed E-state index contributed by atoms with van der Waals surface area (Å²) in [6.45, 7) is 4.77. The summed E-state index contributed by atoms with van der Waals surface area (Å²) in [4.78, 5) is 10.4. The standard InChI is InChI=1S/C15H20O3/c1-3-5-12(2)18-11-14-7-4-6-13(10-14)8-9-15(16)17/h4,6-10,12H,3,5,11H2,1-2H3,(H,16,17)/b9-8+. The van der Waals surface area contributed by atoms with E-state index in [1.165, 1.54) is 0 Å². The summed E-state index contributed by atoms with van der Waals surface area (Å²) in [6, 6.07) is 7.71. The van der Waals surface area contributed by atoms with Crippen LogP contribution in [0.2, 0.25) is 0 Å². The molecule has 3 heteroatoms. The van der Waals surface area contributed by atoms with Crippen molar-refractivity contribution in [1.82, 2.24) is 0 Å². The van der Waals surface area contributed by atoms with Crippen molar-refractivity contribution in [1.29, 1.82) is 0 Å². The molecule has 3 nitrogen and oxygen atoms in total. The molecule has 0 fully saturated rings. The Morgan fingerprint density at radius 2 is 2.28 bits per heavy atom. The quantitative estimate of drug-likeness (QED) is 0.751. The minimum absolute atomic E-state index is 0.258. The minimum Gasteiger partial charge on any atom is -0.478 e. The first-order valence-corrected chi connectivity index (χ1v) is 6.23. The monoisotopic (exact) mass is 248 g/mol. The maximum Gasteiger partial charge on any atom is 0.328 e. The summed E-state index contributed by atoms with van der Waals surface area (Å²) in [5, 5.41) is 8.57. The molecule has 98 valence electrons. The highest BCUT2D eigenvalue weighted by molar-refractivity contribution is 5.85. The fourth-order valence-corrected chi connectivity index (χ4v) is 1.68. The van der Waals surface area contributed by atoms with E-state index < -0.39 is 5.97 Å². The largest absolute Gasteiger partial charge is 0.478 e. The SMILES string of the molecule is CCCC(C)OCc1cccc(/C=C/C(=O)O)c1. The van der Waals surface area contributed by atoms with Crippen LogP contribution in [-0.2, 0) is 16.1 Å². The van der Waals surface area contributed by atoms with Gasteiger partial charge in [-0.15, -0.1) is 0 Å². The Kier molecular flexibility index (Phi) is 6.15. The van der Waals surface area contributed by atoms with E-state index in [1.807, 2.05) is 24.3 Å². The van der Waals surface area contributed by atoms with Crippen molar-refractivity contribution in [2.45, 2.75) is 39.4 Å². The number of benzene rings is 1. The molecule has 0 aliphatic heterocycles. The number of hydrogen-bond donors (Lipinski definition) is 1. The third-order valence-corrected chi connectivity index (χ3v) is 2.60. The van der Waals surface area contributed by atoms with Gasteiger partial charge in [-0.3, -0.25) is 0 Å². The minimum atomic E-state index is -0.937. The molecule has 0 heterocycles. The second kappa shape index (κ2) is 7.67. The maximum absolute atomic E-state index is 10.4. The van der Waals surface area contributed by atoms with Gasteiger partial charge in [0.2, 0.25) is 0 Å². The van der Waals surface area contributed by atoms with E-state index >= 15 is 0 Å². The topological polar surface area (TPSA) is 46.5 Å². The first-order valence-electron chi connectivity index (χ1n) is 6.23. The summed E-state index contributed by atoms with van der Waals surface area (Å²) in [7, 11) is 0. The summed E-state index contributed by atoms with van der Waals surface area (Å²) in [6.07, 6.45) is 5.15. The van der Waals surface area contributed by atoms with Gasteiger partial charge in [-0.25, -0.2) is 4.79 Å². The van der Waals surface area contributed by atoms with E-state index in [1.54, 1.807) is 6.08 Å². The number of rotatable bonds is 7. The highest BCUT2D eigenvalue weighted by Crippen LogP contribution is 2.11. The Bertz CT molecular complexity index is 410. The van der Waals surface area contributed by atoms with Gasteiger partial charge < -0.3 is 9.84 Å². The van der Waals surface area contributed by atoms with Crippen LogP contribution < -0.4 is 0 Å². The smallest absolute Gasteiger partial charge is 0.328 e. The molecule has 0 radical (unpaired) electrons. The van der Waals surface area contributed by atoms with E-state index in [0.29, 0.717) is 6.61 Å². The predicted molar refractivity (Wildman–Crippen MR) is 72.3 cm³/mol. The van der Waals surface area contributed by atoms with Gasteiger partial charge in [-0.1, -0.05) is 31.5 Å². The van der Waals surface area contributed by atoms with Gasteiger partial charge in [0.25, 0.3) is 0 Å². The normalized spacial score (nSPS) is 12.8. The van der Waals surface area contributed by atoms with Crippen molar-refractivity contribution in [3.8, 4) is 0 Å². The van der Waals surface area contributed by atoms with Crippen molar-refractivity contribution < 1.29 is 14.6 Å². The van der Waals surface area contributed by atoms with E-state index in [-0.39, 0.29) is 6.10 Å². The number of hydrogen-bond acceptors (Lipinski definition) is 2. The molecule has 0 saturated heterocycles. The highest BCUT2D eigenvalue weighted by Gasteiger charge is 2.01. The van der Waals surface area contributed by atoms with Crippen LogP contribution >= 0.6 is 0 Å². The van der Waals surface area contributed by atoms with E-state index in [9.17, 15) is 4.79 Å². The lowest BCUT2D eigenvalue weighted by Crippen LogP contribution is -2.07. The molecule has 1 aromatic carbocycles. The molecule has 1 atom stereocenters. The number of carbonyl (C=O) groups is 1. The van der Waals surface area contributed by atoms with Gasteiger partial charge in [-0.05, 0) is 36.6 Å². The molecule has 0 aliphatic rings. The molecule has 1 N–H and O–H groups in total. The Morgan fingerprint density at radius 3 is 2.94 bits per heavy atom. The van der Waals surface area contributed by atoms with E-state index in [0.717, 1.165) is 30.0 Å². The zero-order valence-corrected chi connectivity index (χ0v) is 10.9. The Labute approximate surface area is 108 Å². The van der Waals surface area contributed by atoms with Crippen molar-refractivity contribution in [2.24, 2.45) is 0 Å². The fraction of sp³-hybridized carbons (Fsp3) is 0.400. The highest BCUT2D eigenvalue weighted by atomic mass is 16.5. The summed E-state index contributed by atoms with van der Waals surface area (Å²) in [5.41, 5.74) is 1.94. The average Bonchev–Trinajstić information content (AvgIpc) is 2.35. The number of ether oxygens (including phenoxy) is 1. The predicted octanol–water partition coefficient (Wildman–Crippen LogP) is 3.49. The summed E-state index contributed by atoms with van der Waals surface area (Å²) < 4.78 is 5.71. The molecule has 1 rings (SSSR count). The molecule has 0 amide bonds. The average molecular weight is 248 g/mol. The molecular weight excluding hydrogens is 228 g/mol. The number of carboxylic acid groups (broad SMARTS) is 1. The summed E-state index contributed by atoms with van der Waals surface area (Å²) >= 11 is 0. The lowest BCUT2D eigenvalue weighted by Gasteiger charge is -2.12. The van der Waals surface area contributed by atoms with Gasteiger partial charge in [-0.2, -0.15) is 0 Å². The molecule has 0 spiro atoms. The van der Waals surface area contributed by atoms with Crippen LogP contribution in [0, 0.1) is 0 Å². The van der Waals surface area contributed by atoms with E-state index in [4.69, 9.17) is 9.84 Å². The molecule has 1 aromatic rings. The molecule has 0 saturated carbocycles. The Morgan fingerprint density at radius 1 is 1.50 bits per heavy atom. The molecular formula is C15H20O3. The van der Waals surface area contributed by atoms with Gasteiger partial charge in [0.15, 0.2) is 0 Å². The molecule has 0 bridgehead atoms. The Balaban J connectivity index is 2.56. The van der Waals surface area contributed by atoms with Crippen LogP contribution in [0.4, 0.5) is 0 Å². The third-order valence-electron chi connectivity index (χ3n) is 2.60. The zero-order valence-electron chi connectivity index (χ0n) is 10.9. The lowest BCUT2D eigenvalue weighted by molar-refractivity contribution is -0.131. The maximum atomic E-state index is 10.4. The van der Waals surface area contributed by atoms with Crippen molar-refractivity contribution in [3.05, 3.63) is 41.5 Å². The van der Waals surface area contributed by atoms with Gasteiger partial charge in [0.1, 0.15) is 0 Å². The molecule has 1 unspecified atom stereocenters. The second-order valence-corrected chi connectivity index (χ2v) is 4.33. The molecule has 18 heavy (non-hydrogen) atoms. The van der Waals surface area contributed by atoms with Gasteiger partial charge >= 0.3 is 5.97 Å². The van der Waals surface area contributed by atoms with Crippen LogP contribution in [0.1, 0.15) is 37.8 Å². The lowest BCUT2D eigenvalue weighted by atomic mass is 10.1. The van der Waals surface area contributed by atoms with Crippen LogP contribution in [0.15, 0.2) is 30.3 Å². The molecule has 0 aliphatic carbocycles. The van der Waals surface area contributed by atoms with E-state index in [2.05, 4.69) is 13.8 Å². The second-order valence-electron chi connectivity index (χ2n) is 4.33. The summed E-state index contributed by atoms with van der Waals surface area (Å²) in [5.74, 6) is -0.937. The van der Waals surface area contributed by atoms with Crippen LogP contribution in [-0.4, -0.2) is 17.2 Å². The first kappa shape index (κ1) is 14.5. The first-order chi connectivity index (χ1) is 8.61. The van der Waals surface area contributed by atoms with Crippen molar-refractivity contribution in [3.63, 3.8) is 0 Å².